The predicted molar refractivity (Wildman–Crippen MR) is 74.8 cm³/mol. The van der Waals surface area contributed by atoms with Gasteiger partial charge in [-0.25, -0.2) is 4.39 Å². The van der Waals surface area contributed by atoms with Crippen LogP contribution in [0.5, 0.6) is 5.75 Å². The third-order valence-corrected chi connectivity index (χ3v) is 2.76. The van der Waals surface area contributed by atoms with Crippen LogP contribution in [0.1, 0.15) is 29.8 Å². The van der Waals surface area contributed by atoms with Crippen LogP contribution in [0.15, 0.2) is 36.7 Å². The van der Waals surface area contributed by atoms with E-state index in [0.29, 0.717) is 5.75 Å². The highest BCUT2D eigenvalue weighted by atomic mass is 35.5. The van der Waals surface area contributed by atoms with E-state index in [4.69, 9.17) is 16.3 Å². The first-order valence-electron chi connectivity index (χ1n) is 6.09. The number of halogens is 2. The first-order chi connectivity index (χ1) is 9.47. The SMILES string of the molecule is CC(C)Oc1cncc(C(=O)c2ccc(Cl)cc2F)c1. The number of carbonyl (C=O) groups is 1. The zero-order valence-electron chi connectivity index (χ0n) is 11.1. The molecule has 0 aliphatic carbocycles. The lowest BCUT2D eigenvalue weighted by Crippen LogP contribution is -2.08. The molecule has 0 spiro atoms. The number of hydrogen-bond acceptors (Lipinski definition) is 3. The van der Waals surface area contributed by atoms with Gasteiger partial charge in [0, 0.05) is 16.8 Å². The van der Waals surface area contributed by atoms with E-state index in [2.05, 4.69) is 4.98 Å². The lowest BCUT2D eigenvalue weighted by Gasteiger charge is -2.10. The molecule has 1 heterocycles. The monoisotopic (exact) mass is 293 g/mol. The van der Waals surface area contributed by atoms with Crippen molar-refractivity contribution in [3.63, 3.8) is 0 Å². The van der Waals surface area contributed by atoms with Crippen LogP contribution in [0.4, 0.5) is 4.39 Å². The quantitative estimate of drug-likeness (QED) is 0.803. The number of ketones is 1. The second-order valence-electron chi connectivity index (χ2n) is 4.53. The van der Waals surface area contributed by atoms with Gasteiger partial charge in [-0.2, -0.15) is 0 Å². The number of hydrogen-bond donors (Lipinski definition) is 0. The van der Waals surface area contributed by atoms with E-state index in [0.717, 1.165) is 6.07 Å². The number of pyridine rings is 1. The molecule has 0 amide bonds. The smallest absolute Gasteiger partial charge is 0.197 e. The van der Waals surface area contributed by atoms with Crippen LogP contribution in [0, 0.1) is 5.82 Å². The van der Waals surface area contributed by atoms with E-state index in [1.54, 1.807) is 6.07 Å². The summed E-state index contributed by atoms with van der Waals surface area (Å²) in [6.45, 7) is 3.74. The van der Waals surface area contributed by atoms with Crippen LogP contribution in [0.3, 0.4) is 0 Å². The lowest BCUT2D eigenvalue weighted by atomic mass is 10.0. The fourth-order valence-electron chi connectivity index (χ4n) is 1.71. The van der Waals surface area contributed by atoms with Gasteiger partial charge in [0.1, 0.15) is 11.6 Å². The van der Waals surface area contributed by atoms with E-state index < -0.39 is 11.6 Å². The summed E-state index contributed by atoms with van der Waals surface area (Å²) in [5.41, 5.74) is 0.224. The number of nitrogens with zero attached hydrogens (tertiary/aromatic N) is 1. The fourth-order valence-corrected chi connectivity index (χ4v) is 1.87. The highest BCUT2D eigenvalue weighted by Crippen LogP contribution is 2.20. The van der Waals surface area contributed by atoms with Gasteiger partial charge in [-0.05, 0) is 38.1 Å². The van der Waals surface area contributed by atoms with Gasteiger partial charge in [-0.3, -0.25) is 9.78 Å². The number of carbonyl (C=O) groups excluding carboxylic acids is 1. The molecular formula is C15H13ClFNO2. The minimum Gasteiger partial charge on any atom is -0.489 e. The van der Waals surface area contributed by atoms with E-state index >= 15 is 0 Å². The summed E-state index contributed by atoms with van der Waals surface area (Å²) in [5.74, 6) is -0.640. The zero-order chi connectivity index (χ0) is 14.7. The molecule has 2 aromatic rings. The van der Waals surface area contributed by atoms with Crippen LogP contribution in [0.2, 0.25) is 5.02 Å². The molecule has 5 heteroatoms. The molecule has 0 atom stereocenters. The van der Waals surface area contributed by atoms with Crippen molar-refractivity contribution < 1.29 is 13.9 Å². The molecule has 1 aromatic carbocycles. The highest BCUT2D eigenvalue weighted by molar-refractivity contribution is 6.30. The molecule has 0 N–H and O–H groups in total. The Kier molecular flexibility index (Phi) is 4.35. The predicted octanol–water partition coefficient (Wildman–Crippen LogP) is 3.89. The molecule has 1 aromatic heterocycles. The number of aromatic nitrogens is 1. The van der Waals surface area contributed by atoms with Crippen LogP contribution in [-0.4, -0.2) is 16.9 Å². The molecular weight excluding hydrogens is 281 g/mol. The average molecular weight is 294 g/mol. The molecule has 0 radical (unpaired) electrons. The molecule has 2 rings (SSSR count). The van der Waals surface area contributed by atoms with E-state index in [1.165, 1.54) is 24.5 Å². The standard InChI is InChI=1S/C15H13ClFNO2/c1-9(2)20-12-5-10(7-18-8-12)15(19)13-4-3-11(16)6-14(13)17/h3-9H,1-2H3. The van der Waals surface area contributed by atoms with E-state index in [-0.39, 0.29) is 22.3 Å². The summed E-state index contributed by atoms with van der Waals surface area (Å²) >= 11 is 5.67. The maximum Gasteiger partial charge on any atom is 0.197 e. The second-order valence-corrected chi connectivity index (χ2v) is 4.97. The third kappa shape index (κ3) is 3.33. The fraction of sp³-hybridized carbons (Fsp3) is 0.200. The van der Waals surface area contributed by atoms with Crippen molar-refractivity contribution in [2.75, 3.05) is 0 Å². The van der Waals surface area contributed by atoms with E-state index in [9.17, 15) is 9.18 Å². The Hall–Kier alpha value is -1.94. The molecule has 3 nitrogen and oxygen atoms in total. The summed E-state index contributed by atoms with van der Waals surface area (Å²) in [6.07, 6.45) is 2.85. The molecule has 0 fully saturated rings. The third-order valence-electron chi connectivity index (χ3n) is 2.52. The molecule has 0 bridgehead atoms. The van der Waals surface area contributed by atoms with Crippen molar-refractivity contribution >= 4 is 17.4 Å². The van der Waals surface area contributed by atoms with Crippen molar-refractivity contribution in [1.29, 1.82) is 0 Å². The average Bonchev–Trinajstić information content (AvgIpc) is 2.37. The van der Waals surface area contributed by atoms with E-state index in [1.807, 2.05) is 13.8 Å². The van der Waals surface area contributed by atoms with Crippen molar-refractivity contribution in [3.8, 4) is 5.75 Å². The second kappa shape index (κ2) is 6.01. The Bertz CT molecular complexity index is 644. The molecule has 20 heavy (non-hydrogen) atoms. The minimum absolute atomic E-state index is 0.0329. The van der Waals surface area contributed by atoms with Crippen LogP contribution < -0.4 is 4.74 Å². The van der Waals surface area contributed by atoms with Gasteiger partial charge in [0.25, 0.3) is 0 Å². The Morgan fingerprint density at radius 1 is 1.30 bits per heavy atom. The van der Waals surface area contributed by atoms with Gasteiger partial charge in [0.05, 0.1) is 17.9 Å². The normalized spacial score (nSPS) is 10.7. The van der Waals surface area contributed by atoms with Gasteiger partial charge >= 0.3 is 0 Å². The Labute approximate surface area is 121 Å². The Morgan fingerprint density at radius 2 is 2.05 bits per heavy atom. The number of rotatable bonds is 4. The number of ether oxygens (including phenoxy) is 1. The van der Waals surface area contributed by atoms with Gasteiger partial charge in [0.15, 0.2) is 5.78 Å². The molecule has 0 aliphatic heterocycles. The lowest BCUT2D eigenvalue weighted by molar-refractivity contribution is 0.103. The molecule has 0 aliphatic rings. The Morgan fingerprint density at radius 3 is 2.70 bits per heavy atom. The van der Waals surface area contributed by atoms with Gasteiger partial charge in [0.2, 0.25) is 0 Å². The molecule has 0 unspecified atom stereocenters. The van der Waals surface area contributed by atoms with Gasteiger partial charge < -0.3 is 4.74 Å². The van der Waals surface area contributed by atoms with Crippen molar-refractivity contribution in [2.24, 2.45) is 0 Å². The summed E-state index contributed by atoms with van der Waals surface area (Å²) in [4.78, 5) is 16.2. The first kappa shape index (κ1) is 14.5. The van der Waals surface area contributed by atoms with Crippen LogP contribution in [0.25, 0.3) is 0 Å². The van der Waals surface area contributed by atoms with Gasteiger partial charge in [-0.1, -0.05) is 11.6 Å². The molecule has 104 valence electrons. The highest BCUT2D eigenvalue weighted by Gasteiger charge is 2.15. The minimum atomic E-state index is -0.655. The van der Waals surface area contributed by atoms with Crippen LogP contribution in [-0.2, 0) is 0 Å². The van der Waals surface area contributed by atoms with Crippen molar-refractivity contribution in [2.45, 2.75) is 20.0 Å². The Balaban J connectivity index is 2.33. The first-order valence-corrected chi connectivity index (χ1v) is 6.46. The summed E-state index contributed by atoms with van der Waals surface area (Å²) in [5, 5.41) is 0.245. The maximum atomic E-state index is 13.7. The summed E-state index contributed by atoms with van der Waals surface area (Å²) in [7, 11) is 0. The topological polar surface area (TPSA) is 39.2 Å². The van der Waals surface area contributed by atoms with Crippen LogP contribution >= 0.6 is 11.6 Å². The van der Waals surface area contributed by atoms with Gasteiger partial charge in [-0.15, -0.1) is 0 Å². The molecule has 0 saturated carbocycles. The number of benzene rings is 1. The zero-order valence-corrected chi connectivity index (χ0v) is 11.8. The van der Waals surface area contributed by atoms with Crippen molar-refractivity contribution in [1.82, 2.24) is 4.98 Å². The van der Waals surface area contributed by atoms with Crippen molar-refractivity contribution in [3.05, 3.63) is 58.6 Å². The molecule has 0 saturated heterocycles. The summed E-state index contributed by atoms with van der Waals surface area (Å²) < 4.78 is 19.2. The maximum absolute atomic E-state index is 13.7. The summed E-state index contributed by atoms with van der Waals surface area (Å²) in [6, 6.07) is 5.48. The largest absolute Gasteiger partial charge is 0.489 e.